The minimum atomic E-state index is 0.248. The zero-order valence-electron chi connectivity index (χ0n) is 5.63. The lowest BCUT2D eigenvalue weighted by Gasteiger charge is -1.94. The summed E-state index contributed by atoms with van der Waals surface area (Å²) < 4.78 is 1.05. The fourth-order valence-electron chi connectivity index (χ4n) is 1.10. The highest BCUT2D eigenvalue weighted by atomic mass is 79.9. The molecule has 0 fully saturated rings. The highest BCUT2D eigenvalue weighted by molar-refractivity contribution is 9.10. The van der Waals surface area contributed by atoms with E-state index >= 15 is 0 Å². The van der Waals surface area contributed by atoms with Crippen LogP contribution in [0.1, 0.15) is 5.56 Å². The van der Waals surface area contributed by atoms with Crippen LogP contribution in [0.5, 0.6) is 0 Å². The SMILES string of the molecule is O=C1Cc2cc(Br)ccc2S1. The van der Waals surface area contributed by atoms with Gasteiger partial charge in [-0.3, -0.25) is 4.79 Å². The Kier molecular flexibility index (Phi) is 1.77. The van der Waals surface area contributed by atoms with Gasteiger partial charge < -0.3 is 0 Å². The molecule has 0 saturated heterocycles. The Morgan fingerprint density at radius 2 is 2.27 bits per heavy atom. The van der Waals surface area contributed by atoms with Gasteiger partial charge in [0.1, 0.15) is 0 Å². The van der Waals surface area contributed by atoms with Gasteiger partial charge >= 0.3 is 0 Å². The van der Waals surface area contributed by atoms with Crippen molar-refractivity contribution in [3.8, 4) is 0 Å². The molecule has 1 nitrogen and oxygen atoms in total. The molecule has 0 bridgehead atoms. The average Bonchev–Trinajstić information content (AvgIpc) is 2.27. The van der Waals surface area contributed by atoms with Crippen LogP contribution in [-0.2, 0) is 11.2 Å². The average molecular weight is 229 g/mol. The minimum absolute atomic E-state index is 0.248. The monoisotopic (exact) mass is 228 g/mol. The Morgan fingerprint density at radius 3 is 3.09 bits per heavy atom. The lowest BCUT2D eigenvalue weighted by atomic mass is 10.2. The minimum Gasteiger partial charge on any atom is -0.286 e. The molecule has 1 aromatic carbocycles. The Labute approximate surface area is 77.3 Å². The predicted molar refractivity (Wildman–Crippen MR) is 48.7 cm³/mol. The maximum absolute atomic E-state index is 11.0. The summed E-state index contributed by atoms with van der Waals surface area (Å²) >= 11 is 4.70. The first kappa shape index (κ1) is 7.37. The number of carbonyl (C=O) groups excluding carboxylic acids is 1. The normalized spacial score (nSPS) is 15.2. The van der Waals surface area contributed by atoms with Gasteiger partial charge in [0.05, 0.1) is 0 Å². The van der Waals surface area contributed by atoms with Crippen molar-refractivity contribution in [1.82, 2.24) is 0 Å². The first-order chi connectivity index (χ1) is 5.25. The van der Waals surface area contributed by atoms with E-state index in [1.807, 2.05) is 18.2 Å². The van der Waals surface area contributed by atoms with Crippen molar-refractivity contribution in [3.63, 3.8) is 0 Å². The Hall–Kier alpha value is -0.280. The van der Waals surface area contributed by atoms with Crippen LogP contribution in [0.3, 0.4) is 0 Å². The molecule has 1 aliphatic rings. The van der Waals surface area contributed by atoms with E-state index in [4.69, 9.17) is 0 Å². The molecule has 3 heteroatoms. The molecule has 1 heterocycles. The third kappa shape index (κ3) is 1.35. The summed E-state index contributed by atoms with van der Waals surface area (Å²) in [5.41, 5.74) is 1.15. The van der Waals surface area contributed by atoms with Gasteiger partial charge in [-0.05, 0) is 23.8 Å². The molecule has 2 rings (SSSR count). The molecule has 0 unspecified atom stereocenters. The van der Waals surface area contributed by atoms with Crippen molar-refractivity contribution < 1.29 is 4.79 Å². The van der Waals surface area contributed by atoms with E-state index in [2.05, 4.69) is 15.9 Å². The van der Waals surface area contributed by atoms with Crippen LogP contribution in [-0.4, -0.2) is 5.12 Å². The summed E-state index contributed by atoms with van der Waals surface area (Å²) in [6.07, 6.45) is 0.583. The van der Waals surface area contributed by atoms with Gasteiger partial charge in [0.15, 0.2) is 5.12 Å². The number of rotatable bonds is 0. The topological polar surface area (TPSA) is 17.1 Å². The van der Waals surface area contributed by atoms with E-state index in [0.717, 1.165) is 14.9 Å². The largest absolute Gasteiger partial charge is 0.286 e. The van der Waals surface area contributed by atoms with Crippen molar-refractivity contribution in [1.29, 1.82) is 0 Å². The first-order valence-electron chi connectivity index (χ1n) is 3.25. The van der Waals surface area contributed by atoms with Crippen LogP contribution in [0.25, 0.3) is 0 Å². The van der Waals surface area contributed by atoms with E-state index < -0.39 is 0 Å². The molecule has 1 aromatic rings. The van der Waals surface area contributed by atoms with Crippen LogP contribution < -0.4 is 0 Å². The molecule has 0 saturated carbocycles. The molecule has 0 N–H and O–H groups in total. The van der Waals surface area contributed by atoms with Crippen LogP contribution in [0.2, 0.25) is 0 Å². The molecule has 0 aromatic heterocycles. The van der Waals surface area contributed by atoms with Crippen molar-refractivity contribution in [2.45, 2.75) is 11.3 Å². The molecule has 1 aliphatic heterocycles. The fourth-order valence-corrected chi connectivity index (χ4v) is 2.38. The van der Waals surface area contributed by atoms with Crippen molar-refractivity contribution >= 4 is 32.8 Å². The number of hydrogen-bond donors (Lipinski definition) is 0. The van der Waals surface area contributed by atoms with Crippen molar-refractivity contribution in [3.05, 3.63) is 28.2 Å². The van der Waals surface area contributed by atoms with E-state index in [-0.39, 0.29) is 5.12 Å². The molecule has 0 radical (unpaired) electrons. The summed E-state index contributed by atoms with van der Waals surface area (Å²) in [6, 6.07) is 5.95. The van der Waals surface area contributed by atoms with Crippen LogP contribution in [0, 0.1) is 0 Å². The third-order valence-electron chi connectivity index (χ3n) is 1.58. The number of fused-ring (bicyclic) bond motifs is 1. The van der Waals surface area contributed by atoms with E-state index in [0.29, 0.717) is 6.42 Å². The zero-order valence-corrected chi connectivity index (χ0v) is 8.04. The Balaban J connectivity index is 2.51. The smallest absolute Gasteiger partial charge is 0.198 e. The van der Waals surface area contributed by atoms with Gasteiger partial charge in [-0.15, -0.1) is 0 Å². The molecular formula is C8H5BrOS. The second-order valence-corrected chi connectivity index (χ2v) is 4.42. The summed E-state index contributed by atoms with van der Waals surface area (Å²) in [4.78, 5) is 12.1. The molecule has 56 valence electrons. The Bertz CT molecular complexity index is 322. The second-order valence-electron chi connectivity index (χ2n) is 2.40. The van der Waals surface area contributed by atoms with Gasteiger partial charge in [0, 0.05) is 15.8 Å². The van der Waals surface area contributed by atoms with Gasteiger partial charge in [0.2, 0.25) is 0 Å². The van der Waals surface area contributed by atoms with E-state index in [9.17, 15) is 4.79 Å². The number of thioether (sulfide) groups is 1. The molecule has 11 heavy (non-hydrogen) atoms. The van der Waals surface area contributed by atoms with Crippen molar-refractivity contribution in [2.75, 3.05) is 0 Å². The number of hydrogen-bond acceptors (Lipinski definition) is 2. The molecule has 0 amide bonds. The van der Waals surface area contributed by atoms with Gasteiger partial charge in [-0.25, -0.2) is 0 Å². The zero-order chi connectivity index (χ0) is 7.84. The predicted octanol–water partition coefficient (Wildman–Crippen LogP) is 2.62. The van der Waals surface area contributed by atoms with Gasteiger partial charge in [-0.1, -0.05) is 27.7 Å². The first-order valence-corrected chi connectivity index (χ1v) is 4.86. The molecule has 0 spiro atoms. The fraction of sp³-hybridized carbons (Fsp3) is 0.125. The standard InChI is InChI=1S/C8H5BrOS/c9-6-1-2-7-5(3-6)4-8(10)11-7/h1-3H,4H2. The van der Waals surface area contributed by atoms with E-state index in [1.165, 1.54) is 11.8 Å². The quantitative estimate of drug-likeness (QED) is 0.680. The van der Waals surface area contributed by atoms with Crippen LogP contribution in [0.4, 0.5) is 0 Å². The maximum atomic E-state index is 11.0. The Morgan fingerprint density at radius 1 is 1.45 bits per heavy atom. The highest BCUT2D eigenvalue weighted by Gasteiger charge is 2.18. The summed E-state index contributed by atoms with van der Waals surface area (Å²) in [5.74, 6) is 0. The van der Waals surface area contributed by atoms with E-state index in [1.54, 1.807) is 0 Å². The lowest BCUT2D eigenvalue weighted by molar-refractivity contribution is -0.110. The second kappa shape index (κ2) is 2.64. The number of carbonyl (C=O) groups is 1. The van der Waals surface area contributed by atoms with Crippen molar-refractivity contribution in [2.24, 2.45) is 0 Å². The highest BCUT2D eigenvalue weighted by Crippen LogP contribution is 2.33. The number of halogens is 1. The van der Waals surface area contributed by atoms with Crippen LogP contribution in [0.15, 0.2) is 27.6 Å². The van der Waals surface area contributed by atoms with Gasteiger partial charge in [-0.2, -0.15) is 0 Å². The lowest BCUT2D eigenvalue weighted by Crippen LogP contribution is -1.85. The maximum Gasteiger partial charge on any atom is 0.198 e. The molecular weight excluding hydrogens is 224 g/mol. The van der Waals surface area contributed by atoms with Gasteiger partial charge in [0.25, 0.3) is 0 Å². The third-order valence-corrected chi connectivity index (χ3v) is 3.06. The summed E-state index contributed by atoms with van der Waals surface area (Å²) in [7, 11) is 0. The molecule has 0 atom stereocenters. The summed E-state index contributed by atoms with van der Waals surface area (Å²) in [6.45, 7) is 0. The van der Waals surface area contributed by atoms with Crippen LogP contribution >= 0.6 is 27.7 Å². The summed E-state index contributed by atoms with van der Waals surface area (Å²) in [5, 5.41) is 0.248. The molecule has 0 aliphatic carbocycles. The number of benzene rings is 1.